The lowest BCUT2D eigenvalue weighted by atomic mass is 9.96. The third-order valence-electron chi connectivity index (χ3n) is 5.87. The minimum atomic E-state index is 0.815. The second kappa shape index (κ2) is 10.6. The Bertz CT molecular complexity index is 676. The highest BCUT2D eigenvalue weighted by Gasteiger charge is 2.18. The lowest BCUT2D eigenvalue weighted by Crippen LogP contribution is -2.37. The largest absolute Gasteiger partial charge is 0.345 e. The van der Waals surface area contributed by atoms with Crippen LogP contribution < -0.4 is 10.2 Å². The van der Waals surface area contributed by atoms with Gasteiger partial charge in [-0.2, -0.15) is 0 Å². The van der Waals surface area contributed by atoms with E-state index in [2.05, 4.69) is 65.3 Å². The summed E-state index contributed by atoms with van der Waals surface area (Å²) in [5, 5.41) is 3.68. The summed E-state index contributed by atoms with van der Waals surface area (Å²) < 4.78 is 0. The number of nitrogens with one attached hydrogen (secondary N) is 1. The van der Waals surface area contributed by atoms with Crippen LogP contribution in [0.4, 0.5) is 11.4 Å². The zero-order chi connectivity index (χ0) is 19.8. The number of hydrogen-bond donors (Lipinski definition) is 1. The molecule has 0 aliphatic carbocycles. The van der Waals surface area contributed by atoms with Gasteiger partial charge in [0.1, 0.15) is 0 Å². The van der Waals surface area contributed by atoms with Crippen LogP contribution in [0.5, 0.6) is 0 Å². The monoisotopic (exact) mass is 380 g/mol. The van der Waals surface area contributed by atoms with Crippen molar-refractivity contribution in [1.82, 2.24) is 15.2 Å². The van der Waals surface area contributed by atoms with E-state index in [1.165, 1.54) is 50.1 Å². The maximum absolute atomic E-state index is 4.09. The molecule has 1 aromatic heterocycles. The molecular weight excluding hydrogens is 344 g/mol. The van der Waals surface area contributed by atoms with Crippen LogP contribution in [-0.2, 0) is 6.54 Å². The fourth-order valence-corrected chi connectivity index (χ4v) is 3.83. The topological polar surface area (TPSA) is 31.4 Å². The van der Waals surface area contributed by atoms with Gasteiger partial charge in [-0.25, -0.2) is 0 Å². The molecule has 4 heteroatoms. The van der Waals surface area contributed by atoms with Gasteiger partial charge in [-0.15, -0.1) is 0 Å². The smallest absolute Gasteiger partial charge is 0.0438 e. The molecule has 1 N–H and O–H groups in total. The number of nitrogens with zero attached hydrogens (tertiary/aromatic N) is 3. The molecule has 0 spiro atoms. The van der Waals surface area contributed by atoms with Gasteiger partial charge in [0.25, 0.3) is 0 Å². The van der Waals surface area contributed by atoms with Crippen molar-refractivity contribution >= 4 is 11.4 Å². The first-order valence-electron chi connectivity index (χ1n) is 10.8. The molecule has 28 heavy (non-hydrogen) atoms. The van der Waals surface area contributed by atoms with Crippen molar-refractivity contribution in [3.05, 3.63) is 54.4 Å². The molecule has 1 saturated heterocycles. The van der Waals surface area contributed by atoms with E-state index in [1.807, 2.05) is 24.5 Å². The van der Waals surface area contributed by atoms with Gasteiger partial charge in [0.2, 0.25) is 0 Å². The van der Waals surface area contributed by atoms with Crippen molar-refractivity contribution in [2.75, 3.05) is 38.1 Å². The molecular formula is C24H36N4. The molecule has 1 aromatic carbocycles. The van der Waals surface area contributed by atoms with Crippen LogP contribution >= 0.6 is 0 Å². The van der Waals surface area contributed by atoms with E-state index >= 15 is 0 Å². The van der Waals surface area contributed by atoms with Crippen LogP contribution in [0, 0.1) is 11.8 Å². The van der Waals surface area contributed by atoms with Crippen LogP contribution in [0.25, 0.3) is 0 Å². The standard InChI is InChI=1S/C24H36N4/c1-20(2)10-15-28-16-11-22(12-17-28)19-26-18-21-4-6-23(7-5-21)27(3)24-8-13-25-14-9-24/h4-9,13-14,20,22,26H,10-12,15-19H2,1-3H3. The van der Waals surface area contributed by atoms with E-state index < -0.39 is 0 Å². The first-order chi connectivity index (χ1) is 13.6. The Morgan fingerprint density at radius 3 is 2.32 bits per heavy atom. The molecule has 2 heterocycles. The molecule has 3 rings (SSSR count). The molecule has 0 bridgehead atoms. The summed E-state index contributed by atoms with van der Waals surface area (Å²) >= 11 is 0. The minimum absolute atomic E-state index is 0.815. The Morgan fingerprint density at radius 1 is 1.04 bits per heavy atom. The summed E-state index contributed by atoms with van der Waals surface area (Å²) in [6, 6.07) is 12.9. The van der Waals surface area contributed by atoms with Crippen molar-refractivity contribution in [3.8, 4) is 0 Å². The second-order valence-corrected chi connectivity index (χ2v) is 8.53. The van der Waals surface area contributed by atoms with Gasteiger partial charge in [0.05, 0.1) is 0 Å². The van der Waals surface area contributed by atoms with Crippen LogP contribution in [0.1, 0.15) is 38.7 Å². The minimum Gasteiger partial charge on any atom is -0.345 e. The molecule has 2 aromatic rings. The third kappa shape index (κ3) is 6.32. The van der Waals surface area contributed by atoms with Crippen LogP contribution in [-0.4, -0.2) is 43.1 Å². The molecule has 0 radical (unpaired) electrons. The summed E-state index contributed by atoms with van der Waals surface area (Å²) in [7, 11) is 2.09. The number of anilines is 2. The maximum Gasteiger partial charge on any atom is 0.0438 e. The van der Waals surface area contributed by atoms with Crippen molar-refractivity contribution in [2.24, 2.45) is 11.8 Å². The highest BCUT2D eigenvalue weighted by molar-refractivity contribution is 5.61. The zero-order valence-corrected chi connectivity index (χ0v) is 17.8. The number of piperidine rings is 1. The van der Waals surface area contributed by atoms with Gasteiger partial charge in [0.15, 0.2) is 0 Å². The highest BCUT2D eigenvalue weighted by Crippen LogP contribution is 2.23. The molecule has 4 nitrogen and oxygen atoms in total. The van der Waals surface area contributed by atoms with E-state index in [-0.39, 0.29) is 0 Å². The molecule has 1 aliphatic heterocycles. The Kier molecular flexibility index (Phi) is 7.87. The lowest BCUT2D eigenvalue weighted by Gasteiger charge is -2.32. The molecule has 0 unspecified atom stereocenters. The summed E-state index contributed by atoms with van der Waals surface area (Å²) in [5.41, 5.74) is 3.70. The fourth-order valence-electron chi connectivity index (χ4n) is 3.83. The number of aromatic nitrogens is 1. The number of rotatable bonds is 9. The van der Waals surface area contributed by atoms with Gasteiger partial charge < -0.3 is 15.1 Å². The summed E-state index contributed by atoms with van der Waals surface area (Å²) in [6.45, 7) is 10.5. The molecule has 0 saturated carbocycles. The van der Waals surface area contributed by atoms with Gasteiger partial charge in [0, 0.05) is 37.4 Å². The van der Waals surface area contributed by atoms with Crippen LogP contribution in [0.2, 0.25) is 0 Å². The zero-order valence-electron chi connectivity index (χ0n) is 17.8. The van der Waals surface area contributed by atoms with Gasteiger partial charge >= 0.3 is 0 Å². The average molecular weight is 381 g/mol. The number of likely N-dealkylation sites (tertiary alicyclic amines) is 1. The van der Waals surface area contributed by atoms with E-state index in [1.54, 1.807) is 0 Å². The fraction of sp³-hybridized carbons (Fsp3) is 0.542. The predicted molar refractivity (Wildman–Crippen MR) is 119 cm³/mol. The first-order valence-corrected chi connectivity index (χ1v) is 10.8. The summed E-state index contributed by atoms with van der Waals surface area (Å²) in [4.78, 5) is 8.92. The van der Waals surface area contributed by atoms with Crippen molar-refractivity contribution < 1.29 is 0 Å². The van der Waals surface area contributed by atoms with E-state index in [4.69, 9.17) is 0 Å². The molecule has 152 valence electrons. The van der Waals surface area contributed by atoms with Gasteiger partial charge in [-0.3, -0.25) is 4.98 Å². The van der Waals surface area contributed by atoms with Crippen molar-refractivity contribution in [1.29, 1.82) is 0 Å². The van der Waals surface area contributed by atoms with E-state index in [9.17, 15) is 0 Å². The van der Waals surface area contributed by atoms with Crippen molar-refractivity contribution in [2.45, 2.75) is 39.7 Å². The Hall–Kier alpha value is -1.91. The molecule has 1 aliphatic rings. The quantitative estimate of drug-likeness (QED) is 0.683. The third-order valence-corrected chi connectivity index (χ3v) is 5.87. The summed E-state index contributed by atoms with van der Waals surface area (Å²) in [6.07, 6.45) is 7.66. The lowest BCUT2D eigenvalue weighted by molar-refractivity contribution is 0.174. The van der Waals surface area contributed by atoms with Crippen molar-refractivity contribution in [3.63, 3.8) is 0 Å². The SMILES string of the molecule is CC(C)CCN1CCC(CNCc2ccc(N(C)c3ccncc3)cc2)CC1. The average Bonchev–Trinajstić information content (AvgIpc) is 2.74. The second-order valence-electron chi connectivity index (χ2n) is 8.53. The summed E-state index contributed by atoms with van der Waals surface area (Å²) in [5.74, 6) is 1.64. The van der Waals surface area contributed by atoms with Gasteiger partial charge in [-0.1, -0.05) is 26.0 Å². The number of benzene rings is 1. The van der Waals surface area contributed by atoms with Crippen LogP contribution in [0.3, 0.4) is 0 Å². The molecule has 0 amide bonds. The molecule has 0 atom stereocenters. The predicted octanol–water partition coefficient (Wildman–Crippen LogP) is 4.70. The Labute approximate surface area is 171 Å². The normalized spacial score (nSPS) is 15.9. The molecule has 1 fully saturated rings. The highest BCUT2D eigenvalue weighted by atomic mass is 15.1. The van der Waals surface area contributed by atoms with E-state index in [0.717, 1.165) is 30.6 Å². The Morgan fingerprint density at radius 2 is 1.68 bits per heavy atom. The van der Waals surface area contributed by atoms with Gasteiger partial charge in [-0.05, 0) is 87.1 Å². The number of hydrogen-bond acceptors (Lipinski definition) is 4. The maximum atomic E-state index is 4.09. The van der Waals surface area contributed by atoms with E-state index in [0.29, 0.717) is 0 Å². The number of pyridine rings is 1. The Balaban J connectivity index is 1.38. The first kappa shape index (κ1) is 20.8. The van der Waals surface area contributed by atoms with Crippen LogP contribution in [0.15, 0.2) is 48.8 Å².